The molecule has 1 aliphatic heterocycles. The Morgan fingerprint density at radius 3 is 2.79 bits per heavy atom. The molecule has 0 spiro atoms. The van der Waals surface area contributed by atoms with Crippen LogP contribution in [0, 0.1) is 0 Å². The molecule has 5 aromatic rings. The first-order valence-electron chi connectivity index (χ1n) is 12.8. The zero-order valence-corrected chi connectivity index (χ0v) is 21.1. The van der Waals surface area contributed by atoms with Crippen molar-refractivity contribution in [1.29, 1.82) is 0 Å². The minimum atomic E-state index is -0.469. The molecule has 3 aromatic heterocycles. The van der Waals surface area contributed by atoms with Crippen LogP contribution in [0.4, 0.5) is 22.0 Å². The van der Waals surface area contributed by atoms with Crippen LogP contribution in [0.5, 0.6) is 0 Å². The number of rotatable bonds is 7. The van der Waals surface area contributed by atoms with E-state index < -0.39 is 6.09 Å². The number of fused-ring (bicyclic) bond motifs is 2. The molecule has 1 fully saturated rings. The maximum atomic E-state index is 12.6. The summed E-state index contributed by atoms with van der Waals surface area (Å²) in [6, 6.07) is 16.4. The molecule has 2 aromatic carbocycles. The summed E-state index contributed by atoms with van der Waals surface area (Å²) in [6.45, 7) is 3.96. The lowest BCUT2D eigenvalue weighted by molar-refractivity contribution is 0.00592. The molecule has 0 radical (unpaired) electrons. The van der Waals surface area contributed by atoms with Gasteiger partial charge in [0.2, 0.25) is 0 Å². The molecular formula is C28H29N7O3. The third kappa shape index (κ3) is 4.90. The molecule has 2 N–H and O–H groups in total. The molecule has 194 valence electrons. The van der Waals surface area contributed by atoms with E-state index in [1.54, 1.807) is 10.7 Å². The number of carbonyl (C=O) groups excluding carboxylic acids is 1. The summed E-state index contributed by atoms with van der Waals surface area (Å²) < 4.78 is 14.7. The van der Waals surface area contributed by atoms with Crippen LogP contribution in [-0.4, -0.2) is 49.8 Å². The van der Waals surface area contributed by atoms with Crippen molar-refractivity contribution < 1.29 is 14.3 Å². The van der Waals surface area contributed by atoms with Gasteiger partial charge in [-0.15, -0.1) is 0 Å². The largest absolute Gasteiger partial charge is 0.446 e. The average Bonchev–Trinajstić information content (AvgIpc) is 3.50. The predicted molar refractivity (Wildman–Crippen MR) is 145 cm³/mol. The summed E-state index contributed by atoms with van der Waals surface area (Å²) in [4.78, 5) is 17.1. The number of carbonyl (C=O) groups is 1. The first-order valence-corrected chi connectivity index (χ1v) is 12.8. The number of amides is 1. The van der Waals surface area contributed by atoms with Crippen molar-refractivity contribution in [2.75, 3.05) is 23.8 Å². The SMILES string of the molecule is CCc1c(NC(=O)OC2CCOCC2)cn2ncnc(Nc3ccc4c(cnn4Cc4ccccc4)c3)c12. The van der Waals surface area contributed by atoms with E-state index in [9.17, 15) is 4.79 Å². The lowest BCUT2D eigenvalue weighted by atomic mass is 10.1. The number of hydrogen-bond donors (Lipinski definition) is 2. The summed E-state index contributed by atoms with van der Waals surface area (Å²) >= 11 is 0. The summed E-state index contributed by atoms with van der Waals surface area (Å²) in [7, 11) is 0. The molecule has 6 rings (SSSR count). The van der Waals surface area contributed by atoms with Crippen molar-refractivity contribution in [2.24, 2.45) is 0 Å². The van der Waals surface area contributed by atoms with Gasteiger partial charge in [0.05, 0.1) is 43.4 Å². The molecule has 1 saturated heterocycles. The standard InChI is InChI=1S/C28H29N7O3/c1-2-23-24(33-28(36)38-22-10-12-37-13-11-22)17-35-26(23)27(29-18-31-35)32-21-8-9-25-20(14-21)15-30-34(25)16-19-6-4-3-5-7-19/h3-9,14-15,17-18,22H,2,10-13,16H2,1H3,(H,33,36)(H,29,31,32). The zero-order chi connectivity index (χ0) is 25.9. The fourth-order valence-corrected chi connectivity index (χ4v) is 4.90. The van der Waals surface area contributed by atoms with Gasteiger partial charge in [0, 0.05) is 29.5 Å². The number of anilines is 3. The van der Waals surface area contributed by atoms with Crippen LogP contribution in [0.15, 0.2) is 67.3 Å². The molecule has 0 atom stereocenters. The van der Waals surface area contributed by atoms with Crippen molar-refractivity contribution in [3.05, 3.63) is 78.4 Å². The smallest absolute Gasteiger partial charge is 0.411 e. The number of benzene rings is 2. The summed E-state index contributed by atoms with van der Waals surface area (Å²) in [6.07, 6.45) is 6.66. The van der Waals surface area contributed by atoms with Gasteiger partial charge in [0.15, 0.2) is 5.82 Å². The Hall–Kier alpha value is -4.44. The molecule has 4 heterocycles. The van der Waals surface area contributed by atoms with Crippen LogP contribution >= 0.6 is 0 Å². The van der Waals surface area contributed by atoms with Crippen molar-refractivity contribution in [3.8, 4) is 0 Å². The molecule has 10 nitrogen and oxygen atoms in total. The molecule has 0 saturated carbocycles. The molecule has 1 amide bonds. The van der Waals surface area contributed by atoms with Gasteiger partial charge in [-0.1, -0.05) is 37.3 Å². The Morgan fingerprint density at radius 1 is 1.13 bits per heavy atom. The molecule has 0 unspecified atom stereocenters. The topological polar surface area (TPSA) is 108 Å². The Balaban J connectivity index is 1.24. The number of aromatic nitrogens is 5. The van der Waals surface area contributed by atoms with E-state index >= 15 is 0 Å². The van der Waals surface area contributed by atoms with Gasteiger partial charge < -0.3 is 14.8 Å². The van der Waals surface area contributed by atoms with Gasteiger partial charge in [-0.2, -0.15) is 10.2 Å². The predicted octanol–water partition coefficient (Wildman–Crippen LogP) is 5.16. The third-order valence-corrected chi connectivity index (χ3v) is 6.79. The number of nitrogens with one attached hydrogen (secondary N) is 2. The summed E-state index contributed by atoms with van der Waals surface area (Å²) in [5.74, 6) is 0.652. The van der Waals surface area contributed by atoms with Crippen molar-refractivity contribution >= 4 is 39.7 Å². The second-order valence-corrected chi connectivity index (χ2v) is 9.31. The Labute approximate surface area is 219 Å². The van der Waals surface area contributed by atoms with Gasteiger partial charge in [-0.3, -0.25) is 10.00 Å². The van der Waals surface area contributed by atoms with Crippen LogP contribution in [0.2, 0.25) is 0 Å². The van der Waals surface area contributed by atoms with E-state index in [1.165, 1.54) is 11.9 Å². The number of nitrogens with zero attached hydrogens (tertiary/aromatic N) is 5. The van der Waals surface area contributed by atoms with Crippen molar-refractivity contribution in [3.63, 3.8) is 0 Å². The molecule has 0 aliphatic carbocycles. The normalized spacial score (nSPS) is 14.1. The zero-order valence-electron chi connectivity index (χ0n) is 21.1. The van der Waals surface area contributed by atoms with Gasteiger partial charge in [0.1, 0.15) is 17.9 Å². The van der Waals surface area contributed by atoms with Gasteiger partial charge >= 0.3 is 6.09 Å². The van der Waals surface area contributed by atoms with E-state index in [0.29, 0.717) is 50.5 Å². The lowest BCUT2D eigenvalue weighted by Gasteiger charge is -2.22. The second kappa shape index (κ2) is 10.5. The van der Waals surface area contributed by atoms with Crippen LogP contribution in [0.1, 0.15) is 30.9 Å². The minimum Gasteiger partial charge on any atom is -0.446 e. The van der Waals surface area contributed by atoms with Gasteiger partial charge in [-0.05, 0) is 30.2 Å². The number of hydrogen-bond acceptors (Lipinski definition) is 7. The van der Waals surface area contributed by atoms with Crippen molar-refractivity contribution in [2.45, 2.75) is 38.8 Å². The van der Waals surface area contributed by atoms with Crippen LogP contribution in [0.3, 0.4) is 0 Å². The highest BCUT2D eigenvalue weighted by Gasteiger charge is 2.21. The van der Waals surface area contributed by atoms with E-state index in [4.69, 9.17) is 9.47 Å². The maximum absolute atomic E-state index is 12.6. The Kier molecular flexibility index (Phi) is 6.62. The molecular weight excluding hydrogens is 482 g/mol. The monoisotopic (exact) mass is 511 g/mol. The minimum absolute atomic E-state index is 0.130. The van der Waals surface area contributed by atoms with Crippen LogP contribution in [-0.2, 0) is 22.4 Å². The highest BCUT2D eigenvalue weighted by molar-refractivity contribution is 5.91. The van der Waals surface area contributed by atoms with Gasteiger partial charge in [-0.25, -0.2) is 14.3 Å². The summed E-state index contributed by atoms with van der Waals surface area (Å²) in [5, 5.41) is 16.3. The van der Waals surface area contributed by atoms with E-state index in [1.807, 2.05) is 42.1 Å². The number of aryl methyl sites for hydroxylation is 1. The van der Waals surface area contributed by atoms with Crippen molar-refractivity contribution in [1.82, 2.24) is 24.4 Å². The highest BCUT2D eigenvalue weighted by atomic mass is 16.6. The number of ether oxygens (including phenoxy) is 2. The molecule has 38 heavy (non-hydrogen) atoms. The first-order chi connectivity index (χ1) is 18.7. The van der Waals surface area contributed by atoms with Crippen LogP contribution in [0.25, 0.3) is 16.4 Å². The Morgan fingerprint density at radius 2 is 1.97 bits per heavy atom. The van der Waals surface area contributed by atoms with E-state index in [-0.39, 0.29) is 6.10 Å². The van der Waals surface area contributed by atoms with Gasteiger partial charge in [0.25, 0.3) is 0 Å². The lowest BCUT2D eigenvalue weighted by Crippen LogP contribution is -2.28. The molecule has 1 aliphatic rings. The van der Waals surface area contributed by atoms with Crippen LogP contribution < -0.4 is 10.6 Å². The average molecular weight is 512 g/mol. The van der Waals surface area contributed by atoms with E-state index in [2.05, 4.69) is 50.1 Å². The third-order valence-electron chi connectivity index (χ3n) is 6.79. The molecule has 10 heteroatoms. The Bertz CT molecular complexity index is 1570. The fourth-order valence-electron chi connectivity index (χ4n) is 4.90. The second-order valence-electron chi connectivity index (χ2n) is 9.31. The first kappa shape index (κ1) is 23.9. The fraction of sp³-hybridized carbons (Fsp3) is 0.286. The quantitative estimate of drug-likeness (QED) is 0.311. The summed E-state index contributed by atoms with van der Waals surface area (Å²) in [5.41, 5.74) is 5.52. The maximum Gasteiger partial charge on any atom is 0.411 e. The van der Waals surface area contributed by atoms with E-state index in [0.717, 1.165) is 27.7 Å². The highest BCUT2D eigenvalue weighted by Crippen LogP contribution is 2.31. The molecule has 0 bridgehead atoms.